The molecule has 0 N–H and O–H groups in total. The zero-order chi connectivity index (χ0) is 10.7. The number of allylic oxidation sites excluding steroid dienone is 4. The molecule has 1 heteroatoms. The third-order valence-corrected chi connectivity index (χ3v) is 1.69. The smallest absolute Gasteiger partial charge is 0 e. The van der Waals surface area contributed by atoms with Crippen molar-refractivity contribution in [2.24, 2.45) is 5.92 Å². The summed E-state index contributed by atoms with van der Waals surface area (Å²) in [5, 5.41) is 0. The van der Waals surface area contributed by atoms with E-state index in [4.69, 9.17) is 0 Å². The summed E-state index contributed by atoms with van der Waals surface area (Å²) in [6, 6.07) is 0. The molecule has 0 aliphatic heterocycles. The molecular formula is C13H26B. The summed E-state index contributed by atoms with van der Waals surface area (Å²) in [5.74, 6) is 0.710. The minimum atomic E-state index is 0. The number of hydrogen-bond donors (Lipinski definition) is 0. The molecule has 1 aliphatic carbocycles. The van der Waals surface area contributed by atoms with E-state index in [0.29, 0.717) is 5.92 Å². The van der Waals surface area contributed by atoms with E-state index in [1.165, 1.54) is 18.4 Å². The molecule has 0 heterocycles. The minimum Gasteiger partial charge on any atom is -0.0840 e. The molecule has 0 aromatic carbocycles. The minimum absolute atomic E-state index is 0. The second-order valence-electron chi connectivity index (χ2n) is 2.84. The van der Waals surface area contributed by atoms with Crippen LogP contribution in [-0.4, -0.2) is 8.41 Å². The van der Waals surface area contributed by atoms with Crippen LogP contribution < -0.4 is 0 Å². The molecule has 1 aliphatic rings. The monoisotopic (exact) mass is 193 g/mol. The molecule has 81 valence electrons. The maximum absolute atomic E-state index is 2.34. The lowest BCUT2D eigenvalue weighted by atomic mass is 9.97. The van der Waals surface area contributed by atoms with Gasteiger partial charge in [-0.05, 0) is 24.3 Å². The quantitative estimate of drug-likeness (QED) is 0.534. The second-order valence-corrected chi connectivity index (χ2v) is 2.84. The summed E-state index contributed by atoms with van der Waals surface area (Å²) in [5.41, 5.74) is 1.50. The van der Waals surface area contributed by atoms with Crippen LogP contribution in [0.1, 0.15) is 54.4 Å². The summed E-state index contributed by atoms with van der Waals surface area (Å²) in [4.78, 5) is 0. The van der Waals surface area contributed by atoms with E-state index in [0.717, 1.165) is 0 Å². The number of rotatable bonds is 1. The molecule has 0 saturated heterocycles. The van der Waals surface area contributed by atoms with Crippen molar-refractivity contribution in [2.75, 3.05) is 0 Å². The SMILES string of the molecule is CC.CC.CC(C)C1=CCCC=C1.[B]. The number of hydrogen-bond acceptors (Lipinski definition) is 0. The lowest BCUT2D eigenvalue weighted by Gasteiger charge is -2.08. The standard InChI is InChI=1S/C9H14.2C2H6.B/c1-8(2)9-6-4-3-5-7-9;2*1-2;/h4,6-8H,3,5H2,1-2H3;2*1-2H3;. The van der Waals surface area contributed by atoms with Gasteiger partial charge >= 0.3 is 0 Å². The fourth-order valence-corrected chi connectivity index (χ4v) is 1.06. The van der Waals surface area contributed by atoms with Crippen LogP contribution in [-0.2, 0) is 0 Å². The van der Waals surface area contributed by atoms with Gasteiger partial charge in [-0.1, -0.05) is 59.8 Å². The van der Waals surface area contributed by atoms with Crippen molar-refractivity contribution >= 4 is 8.41 Å². The maximum atomic E-state index is 2.34. The van der Waals surface area contributed by atoms with Crippen LogP contribution in [0.5, 0.6) is 0 Å². The molecule has 0 nitrogen and oxygen atoms in total. The van der Waals surface area contributed by atoms with Gasteiger partial charge in [0.1, 0.15) is 0 Å². The lowest BCUT2D eigenvalue weighted by molar-refractivity contribution is 0.773. The van der Waals surface area contributed by atoms with Crippen molar-refractivity contribution in [3.8, 4) is 0 Å². The summed E-state index contributed by atoms with van der Waals surface area (Å²) < 4.78 is 0. The van der Waals surface area contributed by atoms with Crippen LogP contribution in [0.25, 0.3) is 0 Å². The third kappa shape index (κ3) is 9.63. The molecular weight excluding hydrogens is 167 g/mol. The highest BCUT2D eigenvalue weighted by Crippen LogP contribution is 2.16. The molecule has 0 saturated carbocycles. The van der Waals surface area contributed by atoms with Gasteiger partial charge in [0, 0.05) is 8.41 Å². The first-order valence-corrected chi connectivity index (χ1v) is 5.67. The van der Waals surface area contributed by atoms with Crippen molar-refractivity contribution < 1.29 is 0 Å². The maximum Gasteiger partial charge on any atom is 0 e. The molecule has 0 amide bonds. The zero-order valence-electron chi connectivity index (χ0n) is 10.8. The first-order chi connectivity index (χ1) is 6.30. The fourth-order valence-electron chi connectivity index (χ4n) is 1.06. The van der Waals surface area contributed by atoms with Crippen LogP contribution in [0.4, 0.5) is 0 Å². The van der Waals surface area contributed by atoms with Crippen LogP contribution in [0, 0.1) is 5.92 Å². The summed E-state index contributed by atoms with van der Waals surface area (Å²) >= 11 is 0. The van der Waals surface area contributed by atoms with Gasteiger partial charge in [-0.25, -0.2) is 0 Å². The molecule has 0 atom stereocenters. The molecule has 0 spiro atoms. The van der Waals surface area contributed by atoms with Gasteiger partial charge in [-0.15, -0.1) is 0 Å². The summed E-state index contributed by atoms with van der Waals surface area (Å²) in [6.45, 7) is 12.5. The van der Waals surface area contributed by atoms with Crippen molar-refractivity contribution in [3.05, 3.63) is 23.8 Å². The Morgan fingerprint density at radius 2 is 1.50 bits per heavy atom. The van der Waals surface area contributed by atoms with Gasteiger partial charge in [-0.3, -0.25) is 0 Å². The van der Waals surface area contributed by atoms with Gasteiger partial charge in [0.15, 0.2) is 0 Å². The topological polar surface area (TPSA) is 0 Å². The van der Waals surface area contributed by atoms with Gasteiger partial charge in [0.05, 0.1) is 0 Å². The predicted molar refractivity (Wildman–Crippen MR) is 69.7 cm³/mol. The molecule has 0 aromatic rings. The van der Waals surface area contributed by atoms with Crippen molar-refractivity contribution in [1.29, 1.82) is 0 Å². The van der Waals surface area contributed by atoms with E-state index < -0.39 is 0 Å². The Kier molecular flexibility index (Phi) is 20.6. The molecule has 0 fully saturated rings. The molecule has 0 bridgehead atoms. The lowest BCUT2D eigenvalue weighted by Crippen LogP contribution is -1.92. The highest BCUT2D eigenvalue weighted by atomic mass is 14.1. The van der Waals surface area contributed by atoms with E-state index in [-0.39, 0.29) is 8.41 Å². The Bertz CT molecular complexity index is 143. The Morgan fingerprint density at radius 1 is 1.00 bits per heavy atom. The molecule has 3 radical (unpaired) electrons. The van der Waals surface area contributed by atoms with E-state index in [9.17, 15) is 0 Å². The first kappa shape index (κ1) is 19.2. The van der Waals surface area contributed by atoms with E-state index in [2.05, 4.69) is 32.1 Å². The van der Waals surface area contributed by atoms with Crippen LogP contribution in [0.2, 0.25) is 0 Å². The van der Waals surface area contributed by atoms with Crippen LogP contribution >= 0.6 is 0 Å². The molecule has 1 rings (SSSR count). The van der Waals surface area contributed by atoms with E-state index >= 15 is 0 Å². The predicted octanol–water partition coefficient (Wildman–Crippen LogP) is 4.59. The van der Waals surface area contributed by atoms with Gasteiger partial charge in [0.2, 0.25) is 0 Å². The van der Waals surface area contributed by atoms with Crippen molar-refractivity contribution in [1.82, 2.24) is 0 Å². The Balaban J connectivity index is -0.000000216. The van der Waals surface area contributed by atoms with Crippen LogP contribution in [0.15, 0.2) is 23.8 Å². The molecule has 14 heavy (non-hydrogen) atoms. The Morgan fingerprint density at radius 3 is 1.71 bits per heavy atom. The van der Waals surface area contributed by atoms with Crippen molar-refractivity contribution in [3.63, 3.8) is 0 Å². The first-order valence-electron chi connectivity index (χ1n) is 5.67. The van der Waals surface area contributed by atoms with Crippen molar-refractivity contribution in [2.45, 2.75) is 54.4 Å². The summed E-state index contributed by atoms with van der Waals surface area (Å²) in [7, 11) is 0. The summed E-state index contributed by atoms with van der Waals surface area (Å²) in [6.07, 6.45) is 9.31. The zero-order valence-corrected chi connectivity index (χ0v) is 10.8. The van der Waals surface area contributed by atoms with Gasteiger partial charge in [-0.2, -0.15) is 0 Å². The van der Waals surface area contributed by atoms with Gasteiger partial charge < -0.3 is 0 Å². The molecule has 0 aromatic heterocycles. The van der Waals surface area contributed by atoms with Gasteiger partial charge in [0.25, 0.3) is 0 Å². The Labute approximate surface area is 93.1 Å². The van der Waals surface area contributed by atoms with E-state index in [1.54, 1.807) is 0 Å². The largest absolute Gasteiger partial charge is 0.0840 e. The second kappa shape index (κ2) is 15.0. The molecule has 0 unspecified atom stereocenters. The van der Waals surface area contributed by atoms with Crippen LogP contribution in [0.3, 0.4) is 0 Å². The highest BCUT2D eigenvalue weighted by molar-refractivity contribution is 5.75. The van der Waals surface area contributed by atoms with E-state index in [1.807, 2.05) is 27.7 Å². The average Bonchev–Trinajstić information content (AvgIpc) is 2.25. The fraction of sp³-hybridized carbons (Fsp3) is 0.692. The normalized spacial score (nSPS) is 12.6. The Hall–Kier alpha value is -0.455. The highest BCUT2D eigenvalue weighted by Gasteiger charge is 1.99. The average molecular weight is 193 g/mol. The third-order valence-electron chi connectivity index (χ3n) is 1.69.